The van der Waals surface area contributed by atoms with E-state index < -0.39 is 0 Å². The van der Waals surface area contributed by atoms with Gasteiger partial charge in [0.2, 0.25) is 0 Å². The molecule has 0 saturated heterocycles. The fourth-order valence-corrected chi connectivity index (χ4v) is 21.5. The van der Waals surface area contributed by atoms with Gasteiger partial charge in [0.15, 0.2) is 34.5 Å². The molecule has 0 bridgehead atoms. The Hall–Kier alpha value is -19.8. The second-order valence-corrected chi connectivity index (χ2v) is 37.1. The van der Waals surface area contributed by atoms with Gasteiger partial charge in [-0.15, -0.1) is 0 Å². The Labute approximate surface area is 840 Å². The number of fused-ring (bicyclic) bond motifs is 20. The summed E-state index contributed by atoms with van der Waals surface area (Å²) in [5.74, 6) is 4.73. The summed E-state index contributed by atoms with van der Waals surface area (Å²) in [5, 5.41) is 18.6. The van der Waals surface area contributed by atoms with Gasteiger partial charge in [0, 0.05) is 114 Å². The quantitative estimate of drug-likeness (QED) is 0.110. The van der Waals surface area contributed by atoms with Crippen molar-refractivity contribution in [2.24, 2.45) is 0 Å². The molecule has 0 atom stereocenters. The number of hydrogen-bond donors (Lipinski definition) is 0. The fraction of sp³-hybridized carbons (Fsp3) is 0. The van der Waals surface area contributed by atoms with E-state index >= 15 is 0 Å². The lowest BCUT2D eigenvalue weighted by Crippen LogP contribution is -2.17. The first-order chi connectivity index (χ1) is 72.3. The van der Waals surface area contributed by atoms with E-state index in [-0.39, 0.29) is 0 Å². The molecular formula is C134H86N6O6. The third kappa shape index (κ3) is 14.9. The van der Waals surface area contributed by atoms with E-state index in [1.165, 1.54) is 59.4 Å². The van der Waals surface area contributed by atoms with Gasteiger partial charge in [0.25, 0.3) is 0 Å². The van der Waals surface area contributed by atoms with Gasteiger partial charge in [-0.25, -0.2) is 0 Å². The van der Waals surface area contributed by atoms with E-state index in [1.807, 2.05) is 72.8 Å². The maximum atomic E-state index is 6.70. The van der Waals surface area contributed by atoms with Crippen molar-refractivity contribution in [3.05, 3.63) is 522 Å². The number of furan rings is 3. The summed E-state index contributed by atoms with van der Waals surface area (Å²) < 4.78 is 39.0. The molecular weight excluding hydrogens is 1790 g/mol. The number of hydrogen-bond acceptors (Lipinski definition) is 12. The molecule has 0 unspecified atom stereocenters. The Morgan fingerprint density at radius 1 is 0.144 bits per heavy atom. The molecule has 0 saturated carbocycles. The van der Waals surface area contributed by atoms with Gasteiger partial charge in [-0.2, -0.15) is 0 Å². The molecule has 24 aromatic carbocycles. The van der Waals surface area contributed by atoms with Crippen LogP contribution >= 0.6 is 0 Å². The zero-order chi connectivity index (χ0) is 96.2. The van der Waals surface area contributed by atoms with Crippen molar-refractivity contribution in [3.63, 3.8) is 0 Å². The van der Waals surface area contributed by atoms with Crippen LogP contribution < -0.4 is 43.6 Å². The highest BCUT2D eigenvalue weighted by atomic mass is 16.5. The molecule has 688 valence electrons. The predicted octanol–water partition coefficient (Wildman–Crippen LogP) is 39.3. The molecule has 12 nitrogen and oxygen atoms in total. The van der Waals surface area contributed by atoms with Gasteiger partial charge < -0.3 is 56.9 Å². The number of benzene rings is 24. The molecule has 6 heterocycles. The molecule has 0 radical (unpaired) electrons. The molecule has 30 rings (SSSR count). The SMILES string of the molecule is c1ccc(-c2cccc(N(c3ccc4c(c3)Oc3ccccc3N4c3ccc4c(c3)oc3ccccc34)c3ccc4ccccc4c3)c2)cc1.c1ccc2c(c1)Oc1cc(N(c3ccc4ccccc4c3)c3ccc4ccccc4c3)ccc1N2c1ccc2c(c1)oc1ccccc12.c1ccc2c(c1)Oc1cc(N(c3ccc4ccccc4c3)c3cccc4ccccc34)ccc1N2c1ccc2c(c1)oc1ccccc12. The van der Waals surface area contributed by atoms with Crippen molar-refractivity contribution in [1.29, 1.82) is 0 Å². The summed E-state index contributed by atoms with van der Waals surface area (Å²) in [7, 11) is 0. The van der Waals surface area contributed by atoms with Crippen LogP contribution in [0.2, 0.25) is 0 Å². The molecule has 0 N–H and O–H groups in total. The van der Waals surface area contributed by atoms with Gasteiger partial charge in [0.1, 0.15) is 33.5 Å². The number of ether oxygens (including phenoxy) is 3. The lowest BCUT2D eigenvalue weighted by Gasteiger charge is -2.34. The standard InChI is InChI=1S/C46H30N2O2.2C44H28N2O2/c1-2-11-31(12-3-1)34-15-10-16-35(27-34)47(36-22-21-32-13-4-5-14-33(32)28-36)37-24-26-42-46(30-37)50-44-20-9-7-18-41(44)48(42)38-23-25-40-39-17-6-8-19-43(39)49-45(40)29-38;1-3-11-31-25-33(19-17-29(31)9-1)45(34-20-18-30-10-2-4-12-32(30)26-34)35-22-24-40-44(28-35)48-42-16-8-6-14-39(42)46(40)36-21-23-38-37-13-5-7-15-41(37)47-43(38)27-36;1-2-12-31-26-32(21-20-29(31)10-1)45(38-17-9-13-30-11-3-4-14-35(30)38)33-23-25-40-44(28-33)48-42-19-8-6-16-39(42)46(40)34-22-24-37-36-15-5-7-18-41(36)47-43(37)27-34/h1-30H;2*1-28H. The lowest BCUT2D eigenvalue weighted by atomic mass is 10.0. The Balaban J connectivity index is 0.000000106. The number of nitrogens with zero attached hydrogens (tertiary/aromatic N) is 6. The Bertz CT molecular complexity index is 9780. The fourth-order valence-electron chi connectivity index (χ4n) is 21.5. The monoisotopic (exact) mass is 1870 g/mol. The van der Waals surface area contributed by atoms with Crippen LogP contribution in [0.1, 0.15) is 0 Å². The molecule has 146 heavy (non-hydrogen) atoms. The maximum absolute atomic E-state index is 6.70. The van der Waals surface area contributed by atoms with Crippen molar-refractivity contribution in [3.8, 4) is 45.6 Å². The molecule has 12 heteroatoms. The van der Waals surface area contributed by atoms with Gasteiger partial charge in [-0.3, -0.25) is 0 Å². The molecule has 3 aromatic heterocycles. The van der Waals surface area contributed by atoms with Crippen LogP contribution in [0.5, 0.6) is 34.5 Å². The number of anilines is 18. The Morgan fingerprint density at radius 3 is 0.815 bits per heavy atom. The molecule has 0 spiro atoms. The summed E-state index contributed by atoms with van der Waals surface area (Å²) >= 11 is 0. The number of para-hydroxylation sites is 9. The molecule has 27 aromatic rings. The van der Waals surface area contributed by atoms with E-state index in [4.69, 9.17) is 27.5 Å². The van der Waals surface area contributed by atoms with E-state index in [9.17, 15) is 0 Å². The average Bonchev–Trinajstić information content (AvgIpc) is 1.08. The van der Waals surface area contributed by atoms with Crippen molar-refractivity contribution in [1.82, 2.24) is 0 Å². The van der Waals surface area contributed by atoms with Crippen LogP contribution in [0.3, 0.4) is 0 Å². The highest BCUT2D eigenvalue weighted by Crippen LogP contribution is 2.59. The van der Waals surface area contributed by atoms with Crippen LogP contribution in [0, 0.1) is 0 Å². The first-order valence-corrected chi connectivity index (χ1v) is 49.2. The van der Waals surface area contributed by atoms with E-state index in [2.05, 4.69) is 478 Å². The van der Waals surface area contributed by atoms with Gasteiger partial charge in [-0.1, -0.05) is 291 Å². The second kappa shape index (κ2) is 35.2. The minimum Gasteiger partial charge on any atom is -0.456 e. The molecule has 0 aliphatic carbocycles. The summed E-state index contributed by atoms with van der Waals surface area (Å²) in [6.07, 6.45) is 0. The normalized spacial score (nSPS) is 12.2. The van der Waals surface area contributed by atoms with Crippen LogP contribution in [-0.2, 0) is 0 Å². The first-order valence-electron chi connectivity index (χ1n) is 49.2. The molecule has 3 aliphatic rings. The largest absolute Gasteiger partial charge is 0.456 e. The second-order valence-electron chi connectivity index (χ2n) is 37.1. The van der Waals surface area contributed by atoms with Crippen LogP contribution in [0.25, 0.3) is 131 Å². The predicted molar refractivity (Wildman–Crippen MR) is 602 cm³/mol. The highest BCUT2D eigenvalue weighted by molar-refractivity contribution is 6.11. The highest BCUT2D eigenvalue weighted by Gasteiger charge is 2.34. The van der Waals surface area contributed by atoms with Gasteiger partial charge >= 0.3 is 0 Å². The third-order valence-electron chi connectivity index (χ3n) is 28.4. The van der Waals surface area contributed by atoms with Gasteiger partial charge in [-0.05, 0) is 254 Å². The third-order valence-corrected chi connectivity index (χ3v) is 28.4. The van der Waals surface area contributed by atoms with E-state index in [0.29, 0.717) is 0 Å². The first kappa shape index (κ1) is 84.3. The number of rotatable bonds is 13. The zero-order valence-corrected chi connectivity index (χ0v) is 78.8. The summed E-state index contributed by atoms with van der Waals surface area (Å²) in [4.78, 5) is 13.8. The Morgan fingerprint density at radius 2 is 0.418 bits per heavy atom. The lowest BCUT2D eigenvalue weighted by molar-refractivity contribution is 0.477. The topological polar surface area (TPSA) is 86.5 Å². The van der Waals surface area contributed by atoms with Crippen molar-refractivity contribution >= 4 is 222 Å². The van der Waals surface area contributed by atoms with Gasteiger partial charge in [0.05, 0.1) is 62.6 Å². The summed E-state index contributed by atoms with van der Waals surface area (Å²) in [6.45, 7) is 0. The van der Waals surface area contributed by atoms with E-state index in [1.54, 1.807) is 0 Å². The minimum atomic E-state index is 0.774. The zero-order valence-electron chi connectivity index (χ0n) is 78.8. The van der Waals surface area contributed by atoms with E-state index in [0.717, 1.165) is 208 Å². The van der Waals surface area contributed by atoms with Crippen molar-refractivity contribution < 1.29 is 27.5 Å². The van der Waals surface area contributed by atoms with Crippen molar-refractivity contribution in [2.75, 3.05) is 29.4 Å². The molecule has 3 aliphatic heterocycles. The Kier molecular flexibility index (Phi) is 20.3. The summed E-state index contributed by atoms with van der Waals surface area (Å²) in [6, 6.07) is 183. The minimum absolute atomic E-state index is 0.774. The molecule has 0 amide bonds. The van der Waals surface area contributed by atoms with Crippen LogP contribution in [0.4, 0.5) is 102 Å². The molecule has 0 fully saturated rings. The average molecular weight is 1880 g/mol. The maximum Gasteiger partial charge on any atom is 0.153 e. The van der Waals surface area contributed by atoms with Crippen LogP contribution in [0.15, 0.2) is 535 Å². The van der Waals surface area contributed by atoms with Crippen LogP contribution in [-0.4, -0.2) is 0 Å². The smallest absolute Gasteiger partial charge is 0.153 e. The summed E-state index contributed by atoms with van der Waals surface area (Å²) in [5.41, 5.74) is 25.9. The van der Waals surface area contributed by atoms with Crippen molar-refractivity contribution in [2.45, 2.75) is 0 Å².